The Morgan fingerprint density at radius 2 is 2.10 bits per heavy atom. The van der Waals surface area contributed by atoms with E-state index in [1.165, 1.54) is 24.0 Å². The number of hydrogen-bond acceptors (Lipinski definition) is 5. The molecule has 0 unspecified atom stereocenters. The van der Waals surface area contributed by atoms with Gasteiger partial charge in [0, 0.05) is 35.9 Å². The van der Waals surface area contributed by atoms with Crippen molar-refractivity contribution in [2.45, 2.75) is 6.42 Å². The average molecular weight is 446 g/mol. The van der Waals surface area contributed by atoms with Gasteiger partial charge >= 0.3 is 16.3 Å². The number of carboxylic acid groups (broad SMARTS) is 1. The number of ether oxygens (including phenoxy) is 1. The monoisotopic (exact) mass is 446 g/mol. The molecule has 1 aromatic carbocycles. The minimum atomic E-state index is -4.10. The quantitative estimate of drug-likeness (QED) is 0.553. The van der Waals surface area contributed by atoms with Crippen molar-refractivity contribution in [2.75, 3.05) is 20.2 Å². The van der Waals surface area contributed by atoms with Crippen molar-refractivity contribution >= 4 is 32.9 Å². The van der Waals surface area contributed by atoms with Crippen LogP contribution in [0.3, 0.4) is 0 Å². The van der Waals surface area contributed by atoms with E-state index in [0.29, 0.717) is 23.4 Å². The molecule has 1 amide bonds. The number of nitrogens with one attached hydrogen (secondary N) is 2. The summed E-state index contributed by atoms with van der Waals surface area (Å²) >= 11 is 0. The van der Waals surface area contributed by atoms with E-state index in [9.17, 15) is 17.6 Å². The smallest absolute Gasteiger partial charge is 0.419 e. The second-order valence-corrected chi connectivity index (χ2v) is 8.57. The van der Waals surface area contributed by atoms with E-state index in [-0.39, 0.29) is 18.9 Å². The summed E-state index contributed by atoms with van der Waals surface area (Å²) in [5.74, 6) is 0.142. The summed E-state index contributed by atoms with van der Waals surface area (Å²) in [4.78, 5) is 18.3. The number of aromatic nitrogens is 2. The van der Waals surface area contributed by atoms with Gasteiger partial charge in [0.15, 0.2) is 0 Å². The Morgan fingerprint density at radius 1 is 1.29 bits per heavy atom. The Kier molecular flexibility index (Phi) is 5.38. The van der Waals surface area contributed by atoms with Crippen molar-refractivity contribution in [3.05, 3.63) is 54.1 Å². The summed E-state index contributed by atoms with van der Waals surface area (Å²) < 4.78 is 45.9. The summed E-state index contributed by atoms with van der Waals surface area (Å²) in [6.45, 7) is 0.160. The summed E-state index contributed by atoms with van der Waals surface area (Å²) in [5, 5.41) is 9.46. The Balaban J connectivity index is 1.68. The average Bonchev–Trinajstić information content (AvgIpc) is 3.17. The highest BCUT2D eigenvalue weighted by atomic mass is 32.2. The highest BCUT2D eigenvalue weighted by Crippen LogP contribution is 2.36. The number of nitrogens with zero attached hydrogens (tertiary/aromatic N) is 2. The van der Waals surface area contributed by atoms with E-state index in [2.05, 4.69) is 9.97 Å². The Bertz CT molecular complexity index is 1300. The van der Waals surface area contributed by atoms with Crippen molar-refractivity contribution in [3.8, 4) is 16.9 Å². The number of fused-ring (bicyclic) bond motifs is 1. The van der Waals surface area contributed by atoms with E-state index in [0.717, 1.165) is 26.5 Å². The molecule has 31 heavy (non-hydrogen) atoms. The molecule has 0 bridgehead atoms. The van der Waals surface area contributed by atoms with Crippen molar-refractivity contribution in [3.63, 3.8) is 0 Å². The van der Waals surface area contributed by atoms with Crippen LogP contribution in [0.2, 0.25) is 0 Å². The SMILES string of the molecule is COc1ccc(F)cc1-c1ccnc2[nH]c(C3=CCN(S(=O)(=O)NC(=O)O)CC3)cc12. The highest BCUT2D eigenvalue weighted by molar-refractivity contribution is 7.87. The molecule has 0 saturated heterocycles. The minimum Gasteiger partial charge on any atom is -0.496 e. The van der Waals surface area contributed by atoms with Gasteiger partial charge in [-0.15, -0.1) is 0 Å². The molecule has 0 atom stereocenters. The summed E-state index contributed by atoms with van der Waals surface area (Å²) in [6, 6.07) is 7.95. The normalized spacial score (nSPS) is 15.0. The number of amides is 1. The maximum absolute atomic E-state index is 13.9. The number of methoxy groups -OCH3 is 1. The van der Waals surface area contributed by atoms with E-state index in [1.54, 1.807) is 24.4 Å². The third-order valence-electron chi connectivity index (χ3n) is 5.06. The minimum absolute atomic E-state index is 0.0331. The molecule has 2 aromatic heterocycles. The lowest BCUT2D eigenvalue weighted by atomic mass is 10.0. The maximum Gasteiger partial charge on any atom is 0.419 e. The molecule has 162 valence electrons. The van der Waals surface area contributed by atoms with E-state index >= 15 is 0 Å². The van der Waals surface area contributed by atoms with Gasteiger partial charge in [-0.3, -0.25) is 0 Å². The molecule has 0 spiro atoms. The van der Waals surface area contributed by atoms with Crippen LogP contribution in [-0.2, 0) is 10.2 Å². The zero-order chi connectivity index (χ0) is 22.2. The molecule has 0 aliphatic carbocycles. The number of benzene rings is 1. The van der Waals surface area contributed by atoms with Crippen LogP contribution < -0.4 is 9.46 Å². The predicted molar refractivity (Wildman–Crippen MR) is 112 cm³/mol. The van der Waals surface area contributed by atoms with Gasteiger partial charge in [-0.05, 0) is 47.9 Å². The first-order valence-corrected chi connectivity index (χ1v) is 10.7. The standard InChI is InChI=1S/C20H19FN4O5S/c1-30-18-3-2-13(21)10-15(18)14-4-7-22-19-16(14)11-17(23-19)12-5-8-25(9-6-12)31(28,29)24-20(26)27/h2-5,7,10-11,24H,6,8-9H2,1H3,(H,22,23)(H,26,27). The van der Waals surface area contributed by atoms with Crippen LogP contribution in [0.1, 0.15) is 12.1 Å². The molecular formula is C20H19FN4O5S. The lowest BCUT2D eigenvalue weighted by Gasteiger charge is -2.24. The molecule has 11 heteroatoms. The molecule has 1 aliphatic heterocycles. The number of pyridine rings is 1. The summed E-state index contributed by atoms with van der Waals surface area (Å²) in [7, 11) is -2.58. The molecule has 0 saturated carbocycles. The first kappa shape index (κ1) is 20.8. The fraction of sp³-hybridized carbons (Fsp3) is 0.200. The number of H-pyrrole nitrogens is 1. The van der Waals surface area contributed by atoms with Gasteiger partial charge in [0.2, 0.25) is 0 Å². The van der Waals surface area contributed by atoms with Crippen LogP contribution in [0.5, 0.6) is 5.75 Å². The first-order valence-electron chi connectivity index (χ1n) is 9.30. The van der Waals surface area contributed by atoms with Gasteiger partial charge in [0.25, 0.3) is 0 Å². The second-order valence-electron chi connectivity index (χ2n) is 6.90. The van der Waals surface area contributed by atoms with E-state index in [1.807, 2.05) is 6.07 Å². The number of rotatable bonds is 5. The third-order valence-corrected chi connectivity index (χ3v) is 6.50. The molecule has 3 N–H and O–H groups in total. The Labute approximate surface area is 177 Å². The van der Waals surface area contributed by atoms with Gasteiger partial charge in [0.1, 0.15) is 17.2 Å². The molecule has 4 rings (SSSR count). The molecule has 3 heterocycles. The van der Waals surface area contributed by atoms with E-state index < -0.39 is 16.3 Å². The number of aromatic amines is 1. The van der Waals surface area contributed by atoms with Gasteiger partial charge < -0.3 is 14.8 Å². The zero-order valence-electron chi connectivity index (χ0n) is 16.4. The van der Waals surface area contributed by atoms with Gasteiger partial charge in [-0.1, -0.05) is 6.08 Å². The molecular weight excluding hydrogens is 427 g/mol. The van der Waals surface area contributed by atoms with Crippen LogP contribution in [0, 0.1) is 5.82 Å². The summed E-state index contributed by atoms with van der Waals surface area (Å²) in [6.07, 6.45) is 2.09. The number of halogens is 1. The fourth-order valence-electron chi connectivity index (χ4n) is 3.61. The van der Waals surface area contributed by atoms with Crippen LogP contribution in [0.15, 0.2) is 42.6 Å². The lowest BCUT2D eigenvalue weighted by molar-refractivity contribution is 0.200. The largest absolute Gasteiger partial charge is 0.496 e. The predicted octanol–water partition coefficient (Wildman–Crippen LogP) is 2.98. The van der Waals surface area contributed by atoms with Crippen molar-refractivity contribution in [1.29, 1.82) is 0 Å². The van der Waals surface area contributed by atoms with Crippen LogP contribution in [0.25, 0.3) is 27.7 Å². The Hall–Kier alpha value is -3.44. The van der Waals surface area contributed by atoms with Gasteiger partial charge in [-0.2, -0.15) is 12.7 Å². The second kappa shape index (κ2) is 8.00. The van der Waals surface area contributed by atoms with Crippen LogP contribution in [-0.4, -0.2) is 54.1 Å². The maximum atomic E-state index is 13.9. The fourth-order valence-corrected chi connectivity index (χ4v) is 4.57. The van der Waals surface area contributed by atoms with Gasteiger partial charge in [0.05, 0.1) is 7.11 Å². The highest BCUT2D eigenvalue weighted by Gasteiger charge is 2.26. The first-order chi connectivity index (χ1) is 14.8. The van der Waals surface area contributed by atoms with Crippen LogP contribution >= 0.6 is 0 Å². The number of hydrogen-bond donors (Lipinski definition) is 3. The third kappa shape index (κ3) is 4.09. The van der Waals surface area contributed by atoms with Gasteiger partial charge in [-0.25, -0.2) is 18.9 Å². The number of carbonyl (C=O) groups is 1. The zero-order valence-corrected chi connectivity index (χ0v) is 17.2. The van der Waals surface area contributed by atoms with Crippen LogP contribution in [0.4, 0.5) is 9.18 Å². The van der Waals surface area contributed by atoms with Crippen molar-refractivity contribution < 1.29 is 27.4 Å². The van der Waals surface area contributed by atoms with Crippen molar-refractivity contribution in [2.24, 2.45) is 0 Å². The van der Waals surface area contributed by atoms with E-state index in [4.69, 9.17) is 9.84 Å². The molecule has 1 aliphatic rings. The molecule has 0 radical (unpaired) electrons. The molecule has 0 fully saturated rings. The Morgan fingerprint density at radius 3 is 2.77 bits per heavy atom. The molecule has 3 aromatic rings. The molecule has 9 nitrogen and oxygen atoms in total. The topological polar surface area (TPSA) is 125 Å². The summed E-state index contributed by atoms with van der Waals surface area (Å²) in [5.41, 5.74) is 3.57. The van der Waals surface area contributed by atoms with Crippen molar-refractivity contribution in [1.82, 2.24) is 19.0 Å². The lowest BCUT2D eigenvalue weighted by Crippen LogP contribution is -2.44.